The predicted molar refractivity (Wildman–Crippen MR) is 102 cm³/mol. The zero-order chi connectivity index (χ0) is 19.6. The Morgan fingerprint density at radius 2 is 2.07 bits per heavy atom. The van der Waals surface area contributed by atoms with Crippen molar-refractivity contribution < 1.29 is 19.1 Å². The third-order valence-electron chi connectivity index (χ3n) is 4.08. The Balaban J connectivity index is 1.97. The topological polar surface area (TPSA) is 87.5 Å². The van der Waals surface area contributed by atoms with E-state index in [-0.39, 0.29) is 24.5 Å². The first kappa shape index (κ1) is 18.8. The molecule has 2 aromatic heterocycles. The second-order valence-electron chi connectivity index (χ2n) is 5.79. The highest BCUT2D eigenvalue weighted by atomic mass is 32.1. The van der Waals surface area contributed by atoms with Crippen LogP contribution in [0, 0.1) is 6.92 Å². The van der Waals surface area contributed by atoms with Crippen molar-refractivity contribution in [1.82, 2.24) is 9.55 Å². The van der Waals surface area contributed by atoms with Crippen LogP contribution in [0.25, 0.3) is 10.2 Å². The molecule has 0 saturated heterocycles. The Morgan fingerprint density at radius 1 is 1.30 bits per heavy atom. The number of rotatable bonds is 6. The largest absolute Gasteiger partial charge is 0.497 e. The molecule has 2 heterocycles. The summed E-state index contributed by atoms with van der Waals surface area (Å²) >= 11 is 1.11. The van der Waals surface area contributed by atoms with Gasteiger partial charge in [-0.05, 0) is 31.5 Å². The summed E-state index contributed by atoms with van der Waals surface area (Å²) in [6.45, 7) is 3.50. The molecular formula is C19H18N2O5S. The van der Waals surface area contributed by atoms with E-state index in [0.717, 1.165) is 11.3 Å². The lowest BCUT2D eigenvalue weighted by Gasteiger charge is -2.06. The molecule has 0 aliphatic rings. The highest BCUT2D eigenvalue weighted by Gasteiger charge is 2.21. The zero-order valence-electron chi connectivity index (χ0n) is 15.1. The van der Waals surface area contributed by atoms with E-state index in [9.17, 15) is 14.4 Å². The first-order chi connectivity index (χ1) is 13.0. The molecular weight excluding hydrogens is 368 g/mol. The number of benzene rings is 1. The summed E-state index contributed by atoms with van der Waals surface area (Å²) in [6, 6.07) is 6.73. The molecule has 0 fully saturated rings. The summed E-state index contributed by atoms with van der Waals surface area (Å²) in [6.07, 6.45) is 1.33. The molecule has 3 rings (SSSR count). The number of carbonyl (C=O) groups excluding carboxylic acids is 2. The summed E-state index contributed by atoms with van der Waals surface area (Å²) in [5.74, 6) is -0.151. The SMILES string of the molecule is CCOC(=O)c1sc2ncn(CC(=O)c3cccc(OC)c3)c(=O)c2c1C. The first-order valence-corrected chi connectivity index (χ1v) is 9.10. The van der Waals surface area contributed by atoms with Crippen LogP contribution in [0.5, 0.6) is 5.75 Å². The lowest BCUT2D eigenvalue weighted by molar-refractivity contribution is 0.0531. The molecule has 0 aliphatic carbocycles. The van der Waals surface area contributed by atoms with Gasteiger partial charge in [0.25, 0.3) is 5.56 Å². The van der Waals surface area contributed by atoms with E-state index in [1.165, 1.54) is 18.0 Å². The number of methoxy groups -OCH3 is 1. The number of nitrogens with zero attached hydrogens (tertiary/aromatic N) is 2. The molecule has 0 radical (unpaired) electrons. The van der Waals surface area contributed by atoms with Gasteiger partial charge < -0.3 is 9.47 Å². The summed E-state index contributed by atoms with van der Waals surface area (Å²) in [5.41, 5.74) is 0.602. The number of ether oxygens (including phenoxy) is 2. The average Bonchev–Trinajstić information content (AvgIpc) is 3.01. The van der Waals surface area contributed by atoms with Crippen LogP contribution in [0.3, 0.4) is 0 Å². The molecule has 0 aliphatic heterocycles. The van der Waals surface area contributed by atoms with Crippen molar-refractivity contribution >= 4 is 33.3 Å². The van der Waals surface area contributed by atoms with E-state index in [4.69, 9.17) is 9.47 Å². The predicted octanol–water partition coefficient (Wildman–Crippen LogP) is 2.83. The van der Waals surface area contributed by atoms with Gasteiger partial charge in [0.2, 0.25) is 0 Å². The fourth-order valence-electron chi connectivity index (χ4n) is 2.71. The van der Waals surface area contributed by atoms with Gasteiger partial charge in [0, 0.05) is 5.56 Å². The van der Waals surface area contributed by atoms with Crippen molar-refractivity contribution in [2.75, 3.05) is 13.7 Å². The lowest BCUT2D eigenvalue weighted by atomic mass is 10.1. The van der Waals surface area contributed by atoms with Crippen molar-refractivity contribution in [3.63, 3.8) is 0 Å². The van der Waals surface area contributed by atoms with Crippen molar-refractivity contribution in [3.05, 3.63) is 57.0 Å². The van der Waals surface area contributed by atoms with Gasteiger partial charge >= 0.3 is 5.97 Å². The van der Waals surface area contributed by atoms with E-state index in [1.54, 1.807) is 38.1 Å². The molecule has 0 N–H and O–H groups in total. The molecule has 0 unspecified atom stereocenters. The second kappa shape index (κ2) is 7.71. The van der Waals surface area contributed by atoms with Crippen LogP contribution in [0.1, 0.15) is 32.5 Å². The Labute approximate surface area is 159 Å². The van der Waals surface area contributed by atoms with E-state index in [1.807, 2.05) is 0 Å². The van der Waals surface area contributed by atoms with Crippen LogP contribution in [0.4, 0.5) is 0 Å². The molecule has 27 heavy (non-hydrogen) atoms. The third kappa shape index (κ3) is 3.61. The molecule has 3 aromatic rings. The average molecular weight is 386 g/mol. The number of hydrogen-bond donors (Lipinski definition) is 0. The molecule has 0 atom stereocenters. The van der Waals surface area contributed by atoms with Crippen molar-refractivity contribution in [1.29, 1.82) is 0 Å². The molecule has 0 spiro atoms. The maximum absolute atomic E-state index is 12.8. The minimum Gasteiger partial charge on any atom is -0.497 e. The highest BCUT2D eigenvalue weighted by molar-refractivity contribution is 7.20. The fourth-order valence-corrected chi connectivity index (χ4v) is 3.74. The van der Waals surface area contributed by atoms with Crippen molar-refractivity contribution in [2.24, 2.45) is 0 Å². The minimum atomic E-state index is -0.476. The van der Waals surface area contributed by atoms with E-state index < -0.39 is 5.97 Å². The van der Waals surface area contributed by atoms with Crippen LogP contribution >= 0.6 is 11.3 Å². The standard InChI is InChI=1S/C19H18N2O5S/c1-4-26-19(24)16-11(2)15-17(27-16)20-10-21(18(15)23)9-14(22)12-6-5-7-13(8-12)25-3/h5-8,10H,4,9H2,1-3H3. The number of carbonyl (C=O) groups is 2. The number of ketones is 1. The molecule has 140 valence electrons. The summed E-state index contributed by atoms with van der Waals surface area (Å²) in [5, 5.41) is 0.337. The first-order valence-electron chi connectivity index (χ1n) is 8.29. The smallest absolute Gasteiger partial charge is 0.348 e. The maximum Gasteiger partial charge on any atom is 0.348 e. The zero-order valence-corrected chi connectivity index (χ0v) is 16.0. The summed E-state index contributed by atoms with van der Waals surface area (Å²) in [4.78, 5) is 42.5. The van der Waals surface area contributed by atoms with Crippen LogP contribution in [-0.4, -0.2) is 35.0 Å². The molecule has 0 saturated carbocycles. The van der Waals surface area contributed by atoms with Gasteiger partial charge in [-0.25, -0.2) is 9.78 Å². The van der Waals surface area contributed by atoms with Crippen LogP contribution in [0.2, 0.25) is 0 Å². The maximum atomic E-state index is 12.8. The van der Waals surface area contributed by atoms with Crippen LogP contribution in [0.15, 0.2) is 35.4 Å². The number of aromatic nitrogens is 2. The van der Waals surface area contributed by atoms with Gasteiger partial charge in [-0.15, -0.1) is 11.3 Å². The van der Waals surface area contributed by atoms with Gasteiger partial charge in [-0.1, -0.05) is 12.1 Å². The molecule has 8 heteroatoms. The Kier molecular flexibility index (Phi) is 5.36. The van der Waals surface area contributed by atoms with Crippen molar-refractivity contribution in [2.45, 2.75) is 20.4 Å². The number of Topliss-reactive ketones (excluding diaryl/α,β-unsaturated/α-hetero) is 1. The fraction of sp³-hybridized carbons (Fsp3) is 0.263. The number of aryl methyl sites for hydroxylation is 1. The number of esters is 1. The van der Waals surface area contributed by atoms with Gasteiger partial charge in [0.15, 0.2) is 5.78 Å². The number of hydrogen-bond acceptors (Lipinski definition) is 7. The van der Waals surface area contributed by atoms with Gasteiger partial charge in [0.1, 0.15) is 15.5 Å². The monoisotopic (exact) mass is 386 g/mol. The minimum absolute atomic E-state index is 0.154. The highest BCUT2D eigenvalue weighted by Crippen LogP contribution is 2.27. The van der Waals surface area contributed by atoms with Crippen molar-refractivity contribution in [3.8, 4) is 5.75 Å². The molecule has 7 nitrogen and oxygen atoms in total. The van der Waals surface area contributed by atoms with E-state index in [0.29, 0.717) is 32.0 Å². The Hall–Kier alpha value is -3.00. The summed E-state index contributed by atoms with van der Waals surface area (Å²) < 4.78 is 11.4. The van der Waals surface area contributed by atoms with Crippen LogP contribution in [-0.2, 0) is 11.3 Å². The third-order valence-corrected chi connectivity index (χ3v) is 5.26. The number of fused-ring (bicyclic) bond motifs is 1. The molecule has 1 aromatic carbocycles. The normalized spacial score (nSPS) is 10.8. The molecule has 0 bridgehead atoms. The van der Waals surface area contributed by atoms with E-state index >= 15 is 0 Å². The second-order valence-corrected chi connectivity index (χ2v) is 6.79. The van der Waals surface area contributed by atoms with Crippen LogP contribution < -0.4 is 10.3 Å². The Bertz CT molecular complexity index is 1080. The van der Waals surface area contributed by atoms with Gasteiger partial charge in [0.05, 0.1) is 32.0 Å². The summed E-state index contributed by atoms with van der Waals surface area (Å²) in [7, 11) is 1.52. The number of thiophene rings is 1. The lowest BCUT2D eigenvalue weighted by Crippen LogP contribution is -2.24. The van der Waals surface area contributed by atoms with Gasteiger partial charge in [-0.2, -0.15) is 0 Å². The molecule has 0 amide bonds. The van der Waals surface area contributed by atoms with E-state index in [2.05, 4.69) is 4.98 Å². The Morgan fingerprint density at radius 3 is 2.78 bits per heavy atom. The van der Waals surface area contributed by atoms with Gasteiger partial charge in [-0.3, -0.25) is 14.2 Å². The quantitative estimate of drug-likeness (QED) is 0.478.